The van der Waals surface area contributed by atoms with Gasteiger partial charge in [-0.1, -0.05) is 0 Å². The number of carbonyl (C=O) groups is 2. The van der Waals surface area contributed by atoms with Gasteiger partial charge < -0.3 is 25.3 Å². The summed E-state index contributed by atoms with van der Waals surface area (Å²) >= 11 is 0. The summed E-state index contributed by atoms with van der Waals surface area (Å²) in [5.74, 6) is -0.784. The molecular formula is C18H17N3O5. The Morgan fingerprint density at radius 2 is 1.92 bits per heavy atom. The van der Waals surface area contributed by atoms with Crippen LogP contribution < -0.4 is 10.1 Å². The van der Waals surface area contributed by atoms with E-state index in [1.165, 1.54) is 19.2 Å². The maximum atomic E-state index is 10.9. The Balaban J connectivity index is 1.86. The summed E-state index contributed by atoms with van der Waals surface area (Å²) in [6, 6.07) is 9.87. The molecule has 0 saturated heterocycles. The minimum Gasteiger partial charge on any atom is -0.496 e. The van der Waals surface area contributed by atoms with Crippen LogP contribution >= 0.6 is 0 Å². The predicted molar refractivity (Wildman–Crippen MR) is 95.3 cm³/mol. The molecular weight excluding hydrogens is 338 g/mol. The fraction of sp³-hybridized carbons (Fsp3) is 0.167. The fourth-order valence-corrected chi connectivity index (χ4v) is 2.60. The van der Waals surface area contributed by atoms with E-state index in [1.807, 2.05) is 6.07 Å². The van der Waals surface area contributed by atoms with Crippen LogP contribution in [0.4, 0.5) is 11.6 Å². The Hall–Kier alpha value is -3.55. The number of hydrogen-bond acceptors (Lipinski definition) is 5. The van der Waals surface area contributed by atoms with E-state index < -0.39 is 11.9 Å². The van der Waals surface area contributed by atoms with Crippen LogP contribution in [-0.2, 0) is 11.2 Å². The molecule has 3 aromatic rings. The molecule has 0 radical (unpaired) electrons. The molecule has 8 heteroatoms. The Labute approximate surface area is 148 Å². The zero-order valence-electron chi connectivity index (χ0n) is 13.9. The highest BCUT2D eigenvalue weighted by Crippen LogP contribution is 2.27. The van der Waals surface area contributed by atoms with Crippen molar-refractivity contribution < 1.29 is 24.5 Å². The van der Waals surface area contributed by atoms with Crippen LogP contribution in [0.1, 0.15) is 22.3 Å². The summed E-state index contributed by atoms with van der Waals surface area (Å²) in [6.07, 6.45) is 0.365. The van der Waals surface area contributed by atoms with Gasteiger partial charge in [0.2, 0.25) is 5.95 Å². The zero-order valence-corrected chi connectivity index (χ0v) is 13.9. The Kier molecular flexibility index (Phi) is 4.74. The van der Waals surface area contributed by atoms with Gasteiger partial charge in [0.15, 0.2) is 0 Å². The monoisotopic (exact) mass is 355 g/mol. The standard InChI is InChI=1S/C18H17N3O5/c1-26-15-9-14-13(8-11(15)4-7-16(22)23)20-18(21-14)19-12-5-2-10(3-6-12)17(24)25/h2-3,5-6,8-9H,4,7H2,1H3,(H,22,23)(H,24,25)(H2,19,20,21). The van der Waals surface area contributed by atoms with Crippen LogP contribution in [0.5, 0.6) is 5.75 Å². The highest BCUT2D eigenvalue weighted by atomic mass is 16.5. The molecule has 26 heavy (non-hydrogen) atoms. The molecule has 0 spiro atoms. The average molecular weight is 355 g/mol. The molecule has 0 unspecified atom stereocenters. The SMILES string of the molecule is COc1cc2nc(Nc3ccc(C(=O)O)cc3)[nH]c2cc1CCC(=O)O. The highest BCUT2D eigenvalue weighted by Gasteiger charge is 2.11. The molecule has 2 aromatic carbocycles. The van der Waals surface area contributed by atoms with Crippen molar-refractivity contribution in [1.82, 2.24) is 9.97 Å². The van der Waals surface area contributed by atoms with E-state index in [-0.39, 0.29) is 12.0 Å². The molecule has 134 valence electrons. The van der Waals surface area contributed by atoms with Gasteiger partial charge in [-0.15, -0.1) is 0 Å². The molecule has 0 atom stereocenters. The van der Waals surface area contributed by atoms with Crippen molar-refractivity contribution in [1.29, 1.82) is 0 Å². The Morgan fingerprint density at radius 3 is 2.54 bits per heavy atom. The highest BCUT2D eigenvalue weighted by molar-refractivity contribution is 5.88. The van der Waals surface area contributed by atoms with Gasteiger partial charge >= 0.3 is 11.9 Å². The summed E-state index contributed by atoms with van der Waals surface area (Å²) in [5.41, 5.74) is 3.09. The van der Waals surface area contributed by atoms with Gasteiger partial charge in [0.25, 0.3) is 0 Å². The van der Waals surface area contributed by atoms with Crippen LogP contribution in [0.2, 0.25) is 0 Å². The number of aromatic nitrogens is 2. The summed E-state index contributed by atoms with van der Waals surface area (Å²) < 4.78 is 5.33. The number of rotatable bonds is 7. The number of aromatic carboxylic acids is 1. The van der Waals surface area contributed by atoms with E-state index in [1.54, 1.807) is 18.2 Å². The van der Waals surface area contributed by atoms with Crippen molar-refractivity contribution in [2.75, 3.05) is 12.4 Å². The van der Waals surface area contributed by atoms with Crippen molar-refractivity contribution in [3.8, 4) is 5.75 Å². The average Bonchev–Trinajstić information content (AvgIpc) is 3.00. The number of ether oxygens (including phenoxy) is 1. The van der Waals surface area contributed by atoms with Gasteiger partial charge in [-0.25, -0.2) is 9.78 Å². The number of aromatic amines is 1. The second-order valence-corrected chi connectivity index (χ2v) is 5.67. The molecule has 0 bridgehead atoms. The van der Waals surface area contributed by atoms with Crippen LogP contribution in [0.3, 0.4) is 0 Å². The number of methoxy groups -OCH3 is 1. The number of benzene rings is 2. The molecule has 8 nitrogen and oxygen atoms in total. The predicted octanol–water partition coefficient (Wildman–Crippen LogP) is 3.03. The number of nitrogens with zero attached hydrogens (tertiary/aromatic N) is 1. The molecule has 0 fully saturated rings. The van der Waals surface area contributed by atoms with E-state index >= 15 is 0 Å². The second kappa shape index (κ2) is 7.14. The number of anilines is 2. The van der Waals surface area contributed by atoms with Gasteiger partial charge in [-0.3, -0.25) is 4.79 Å². The number of aryl methyl sites for hydroxylation is 1. The number of H-pyrrole nitrogens is 1. The second-order valence-electron chi connectivity index (χ2n) is 5.67. The molecule has 4 N–H and O–H groups in total. The number of fused-ring (bicyclic) bond motifs is 1. The van der Waals surface area contributed by atoms with E-state index in [0.29, 0.717) is 29.3 Å². The summed E-state index contributed by atoms with van der Waals surface area (Å²) in [5, 5.41) is 20.9. The van der Waals surface area contributed by atoms with E-state index in [0.717, 1.165) is 11.1 Å². The van der Waals surface area contributed by atoms with Crippen LogP contribution in [0, 0.1) is 0 Å². The van der Waals surface area contributed by atoms with Gasteiger partial charge in [-0.2, -0.15) is 0 Å². The van der Waals surface area contributed by atoms with Crippen LogP contribution in [0.25, 0.3) is 11.0 Å². The quantitative estimate of drug-likeness (QED) is 0.513. The third kappa shape index (κ3) is 3.75. The van der Waals surface area contributed by atoms with Crippen LogP contribution in [-0.4, -0.2) is 39.2 Å². The third-order valence-corrected chi connectivity index (χ3v) is 3.89. The topological polar surface area (TPSA) is 125 Å². The first-order valence-corrected chi connectivity index (χ1v) is 7.85. The number of carboxylic acids is 2. The molecule has 0 aliphatic rings. The first-order chi connectivity index (χ1) is 12.5. The van der Waals surface area contributed by atoms with Gasteiger partial charge in [0.1, 0.15) is 5.75 Å². The first-order valence-electron chi connectivity index (χ1n) is 7.85. The number of aliphatic carboxylic acids is 1. The van der Waals surface area contributed by atoms with Crippen molar-refractivity contribution in [2.45, 2.75) is 12.8 Å². The van der Waals surface area contributed by atoms with Crippen molar-refractivity contribution in [3.05, 3.63) is 47.5 Å². The minimum atomic E-state index is -0.985. The maximum Gasteiger partial charge on any atom is 0.335 e. The largest absolute Gasteiger partial charge is 0.496 e. The van der Waals surface area contributed by atoms with E-state index in [4.69, 9.17) is 14.9 Å². The maximum absolute atomic E-state index is 10.9. The lowest BCUT2D eigenvalue weighted by atomic mass is 10.1. The van der Waals surface area contributed by atoms with Crippen LogP contribution in [0.15, 0.2) is 36.4 Å². The summed E-state index contributed by atoms with van der Waals surface area (Å²) in [7, 11) is 1.53. The lowest BCUT2D eigenvalue weighted by Crippen LogP contribution is -1.99. The molecule has 3 rings (SSSR count). The van der Waals surface area contributed by atoms with Crippen molar-refractivity contribution >= 4 is 34.6 Å². The summed E-state index contributed by atoms with van der Waals surface area (Å²) in [6.45, 7) is 0. The lowest BCUT2D eigenvalue weighted by molar-refractivity contribution is -0.136. The normalized spacial score (nSPS) is 10.7. The molecule has 0 saturated carbocycles. The van der Waals surface area contributed by atoms with Gasteiger partial charge in [0, 0.05) is 18.2 Å². The van der Waals surface area contributed by atoms with E-state index in [9.17, 15) is 9.59 Å². The van der Waals surface area contributed by atoms with Crippen molar-refractivity contribution in [2.24, 2.45) is 0 Å². The summed E-state index contributed by atoms with van der Waals surface area (Å²) in [4.78, 5) is 29.2. The lowest BCUT2D eigenvalue weighted by Gasteiger charge is -2.07. The smallest absolute Gasteiger partial charge is 0.335 e. The van der Waals surface area contributed by atoms with Gasteiger partial charge in [0.05, 0.1) is 23.7 Å². The number of imidazole rings is 1. The molecule has 1 heterocycles. The van der Waals surface area contributed by atoms with Gasteiger partial charge in [-0.05, 0) is 42.3 Å². The Bertz CT molecular complexity index is 963. The molecule has 1 aromatic heterocycles. The Morgan fingerprint density at radius 1 is 1.19 bits per heavy atom. The molecule has 0 aliphatic carbocycles. The number of hydrogen-bond donors (Lipinski definition) is 4. The van der Waals surface area contributed by atoms with Crippen molar-refractivity contribution in [3.63, 3.8) is 0 Å². The molecule has 0 aliphatic heterocycles. The third-order valence-electron chi connectivity index (χ3n) is 3.89. The molecule has 0 amide bonds. The number of nitrogens with one attached hydrogen (secondary N) is 2. The first kappa shape index (κ1) is 17.3. The minimum absolute atomic E-state index is 0.0109. The fourth-order valence-electron chi connectivity index (χ4n) is 2.60. The van der Waals surface area contributed by atoms with E-state index in [2.05, 4.69) is 15.3 Å². The zero-order chi connectivity index (χ0) is 18.7. The number of carboxylic acid groups (broad SMARTS) is 2.